The molecule has 30 heavy (non-hydrogen) atoms. The molecule has 0 spiro atoms. The van der Waals surface area contributed by atoms with E-state index in [1.807, 2.05) is 6.08 Å². The molecule has 0 atom stereocenters. The SMILES string of the molecule is CC(C)(C)c1ccc(CNC(=O)/C=C/c2ccc(CNC3CCNCC3)cc2)cc1. The van der Waals surface area contributed by atoms with Crippen LogP contribution in [0, 0.1) is 0 Å². The molecule has 2 aromatic rings. The molecule has 0 unspecified atom stereocenters. The van der Waals surface area contributed by atoms with Gasteiger partial charge < -0.3 is 16.0 Å². The summed E-state index contributed by atoms with van der Waals surface area (Å²) in [5, 5.41) is 9.97. The standard InChI is InChI=1S/C26H35N3O/c1-26(2,3)23-11-8-22(9-12-23)19-29-25(30)13-10-20-4-6-21(7-5-20)18-28-24-14-16-27-17-15-24/h4-13,24,27-28H,14-19H2,1-3H3,(H,29,30)/b13-10+. The summed E-state index contributed by atoms with van der Waals surface area (Å²) in [5.74, 6) is -0.0773. The van der Waals surface area contributed by atoms with Crippen molar-refractivity contribution in [3.8, 4) is 0 Å². The quantitative estimate of drug-likeness (QED) is 0.607. The van der Waals surface area contributed by atoms with Crippen LogP contribution in [0.15, 0.2) is 54.6 Å². The Hall–Kier alpha value is -2.43. The van der Waals surface area contributed by atoms with E-state index in [-0.39, 0.29) is 11.3 Å². The van der Waals surface area contributed by atoms with Crippen LogP contribution in [0.2, 0.25) is 0 Å². The first-order chi connectivity index (χ1) is 14.4. The molecule has 1 heterocycles. The smallest absolute Gasteiger partial charge is 0.244 e. The van der Waals surface area contributed by atoms with Gasteiger partial charge in [0.15, 0.2) is 0 Å². The Morgan fingerprint density at radius 2 is 1.57 bits per heavy atom. The van der Waals surface area contributed by atoms with E-state index < -0.39 is 0 Å². The molecular formula is C26H35N3O. The Balaban J connectivity index is 1.42. The summed E-state index contributed by atoms with van der Waals surface area (Å²) < 4.78 is 0. The number of nitrogens with one attached hydrogen (secondary N) is 3. The molecule has 2 aromatic carbocycles. The van der Waals surface area contributed by atoms with Crippen LogP contribution in [0.3, 0.4) is 0 Å². The van der Waals surface area contributed by atoms with Crippen LogP contribution in [0.25, 0.3) is 6.08 Å². The molecule has 0 aromatic heterocycles. The maximum absolute atomic E-state index is 12.1. The summed E-state index contributed by atoms with van der Waals surface area (Å²) in [4.78, 5) is 12.1. The zero-order valence-electron chi connectivity index (χ0n) is 18.5. The molecule has 3 N–H and O–H groups in total. The first kappa shape index (κ1) is 22.3. The van der Waals surface area contributed by atoms with Gasteiger partial charge in [0.05, 0.1) is 0 Å². The van der Waals surface area contributed by atoms with Crippen molar-refractivity contribution in [1.29, 1.82) is 0 Å². The number of carbonyl (C=O) groups excluding carboxylic acids is 1. The predicted octanol–water partition coefficient (Wildman–Crippen LogP) is 4.16. The maximum Gasteiger partial charge on any atom is 0.244 e. The molecule has 1 aliphatic heterocycles. The fraction of sp³-hybridized carbons (Fsp3) is 0.423. The molecule has 0 saturated carbocycles. The Labute approximate surface area is 181 Å². The Kier molecular flexibility index (Phi) is 7.83. The van der Waals surface area contributed by atoms with E-state index in [4.69, 9.17) is 0 Å². The summed E-state index contributed by atoms with van der Waals surface area (Å²) in [6, 6.07) is 17.4. The monoisotopic (exact) mass is 405 g/mol. The van der Waals surface area contributed by atoms with E-state index in [0.717, 1.165) is 30.8 Å². The van der Waals surface area contributed by atoms with Crippen LogP contribution >= 0.6 is 0 Å². The second-order valence-electron chi connectivity index (χ2n) is 9.14. The zero-order chi connectivity index (χ0) is 21.4. The van der Waals surface area contributed by atoms with E-state index in [1.54, 1.807) is 6.08 Å². The minimum Gasteiger partial charge on any atom is -0.348 e. The van der Waals surface area contributed by atoms with E-state index in [2.05, 4.69) is 85.3 Å². The van der Waals surface area contributed by atoms with E-state index >= 15 is 0 Å². The van der Waals surface area contributed by atoms with Gasteiger partial charge in [-0.1, -0.05) is 69.3 Å². The molecule has 1 amide bonds. The molecule has 160 valence electrons. The average Bonchev–Trinajstić information content (AvgIpc) is 2.76. The zero-order valence-corrected chi connectivity index (χ0v) is 18.5. The number of carbonyl (C=O) groups is 1. The summed E-state index contributed by atoms with van der Waals surface area (Å²) in [7, 11) is 0. The van der Waals surface area contributed by atoms with Crippen molar-refractivity contribution in [2.45, 2.75) is 58.2 Å². The number of piperidine rings is 1. The lowest BCUT2D eigenvalue weighted by Gasteiger charge is -2.23. The number of hydrogen-bond donors (Lipinski definition) is 3. The average molecular weight is 406 g/mol. The van der Waals surface area contributed by atoms with Crippen LogP contribution in [-0.2, 0) is 23.3 Å². The van der Waals surface area contributed by atoms with Crippen molar-refractivity contribution in [3.63, 3.8) is 0 Å². The Morgan fingerprint density at radius 1 is 0.967 bits per heavy atom. The van der Waals surface area contributed by atoms with Gasteiger partial charge in [-0.3, -0.25) is 4.79 Å². The topological polar surface area (TPSA) is 53.2 Å². The van der Waals surface area contributed by atoms with E-state index in [0.29, 0.717) is 12.6 Å². The van der Waals surface area contributed by atoms with E-state index in [9.17, 15) is 4.79 Å². The van der Waals surface area contributed by atoms with Crippen LogP contribution in [-0.4, -0.2) is 25.0 Å². The highest BCUT2D eigenvalue weighted by Crippen LogP contribution is 2.22. The molecule has 0 aliphatic carbocycles. The van der Waals surface area contributed by atoms with Gasteiger partial charge in [0.2, 0.25) is 5.91 Å². The summed E-state index contributed by atoms with van der Waals surface area (Å²) >= 11 is 0. The third-order valence-corrected chi connectivity index (χ3v) is 5.63. The minimum atomic E-state index is -0.0773. The molecule has 1 aliphatic rings. The van der Waals surface area contributed by atoms with Crippen LogP contribution in [0.4, 0.5) is 0 Å². The van der Waals surface area contributed by atoms with Crippen LogP contribution < -0.4 is 16.0 Å². The van der Waals surface area contributed by atoms with Gasteiger partial charge >= 0.3 is 0 Å². The molecule has 0 radical (unpaired) electrons. The van der Waals surface area contributed by atoms with Gasteiger partial charge in [-0.05, 0) is 59.7 Å². The van der Waals surface area contributed by atoms with Gasteiger partial charge in [0.25, 0.3) is 0 Å². The highest BCUT2D eigenvalue weighted by molar-refractivity contribution is 5.91. The van der Waals surface area contributed by atoms with Crippen molar-refractivity contribution in [3.05, 3.63) is 76.9 Å². The predicted molar refractivity (Wildman–Crippen MR) is 125 cm³/mol. The highest BCUT2D eigenvalue weighted by atomic mass is 16.1. The summed E-state index contributed by atoms with van der Waals surface area (Å²) in [6.07, 6.45) is 5.85. The highest BCUT2D eigenvalue weighted by Gasteiger charge is 2.13. The van der Waals surface area contributed by atoms with Gasteiger partial charge in [-0.2, -0.15) is 0 Å². The molecule has 4 nitrogen and oxygen atoms in total. The summed E-state index contributed by atoms with van der Waals surface area (Å²) in [5.41, 5.74) is 4.85. The molecular weight excluding hydrogens is 370 g/mol. The van der Waals surface area contributed by atoms with Crippen molar-refractivity contribution >= 4 is 12.0 Å². The van der Waals surface area contributed by atoms with Crippen molar-refractivity contribution in [1.82, 2.24) is 16.0 Å². The normalized spacial score (nSPS) is 15.4. The molecule has 3 rings (SSSR count). The van der Waals surface area contributed by atoms with Crippen molar-refractivity contribution in [2.75, 3.05) is 13.1 Å². The maximum atomic E-state index is 12.1. The number of amides is 1. The van der Waals surface area contributed by atoms with E-state index in [1.165, 1.54) is 24.0 Å². The van der Waals surface area contributed by atoms with Crippen molar-refractivity contribution in [2.24, 2.45) is 0 Å². The molecule has 0 bridgehead atoms. The third kappa shape index (κ3) is 7.12. The Bertz CT molecular complexity index is 826. The second kappa shape index (κ2) is 10.6. The fourth-order valence-electron chi connectivity index (χ4n) is 3.58. The van der Waals surface area contributed by atoms with Crippen LogP contribution in [0.1, 0.15) is 55.9 Å². The van der Waals surface area contributed by atoms with Gasteiger partial charge in [-0.25, -0.2) is 0 Å². The Morgan fingerprint density at radius 3 is 2.20 bits per heavy atom. The minimum absolute atomic E-state index is 0.0773. The lowest BCUT2D eigenvalue weighted by atomic mass is 9.87. The number of benzene rings is 2. The lowest BCUT2D eigenvalue weighted by Crippen LogP contribution is -2.39. The molecule has 4 heteroatoms. The second-order valence-corrected chi connectivity index (χ2v) is 9.14. The fourth-order valence-corrected chi connectivity index (χ4v) is 3.58. The first-order valence-corrected chi connectivity index (χ1v) is 11.0. The number of hydrogen-bond acceptors (Lipinski definition) is 3. The number of rotatable bonds is 7. The van der Waals surface area contributed by atoms with Crippen LogP contribution in [0.5, 0.6) is 0 Å². The van der Waals surface area contributed by atoms with Gasteiger partial charge in [-0.15, -0.1) is 0 Å². The van der Waals surface area contributed by atoms with Crippen molar-refractivity contribution < 1.29 is 4.79 Å². The lowest BCUT2D eigenvalue weighted by molar-refractivity contribution is -0.116. The molecule has 1 fully saturated rings. The van der Waals surface area contributed by atoms with Gasteiger partial charge in [0.1, 0.15) is 0 Å². The molecule has 1 saturated heterocycles. The van der Waals surface area contributed by atoms with Gasteiger partial charge in [0, 0.05) is 25.2 Å². The summed E-state index contributed by atoms with van der Waals surface area (Å²) in [6.45, 7) is 10.2. The third-order valence-electron chi connectivity index (χ3n) is 5.63. The largest absolute Gasteiger partial charge is 0.348 e. The first-order valence-electron chi connectivity index (χ1n) is 11.0.